The molecule has 0 saturated heterocycles. The fourth-order valence-electron chi connectivity index (χ4n) is 1.64. The van der Waals surface area contributed by atoms with Gasteiger partial charge in [0, 0.05) is 25.9 Å². The lowest BCUT2D eigenvalue weighted by atomic mass is 10.0. The normalized spacial score (nSPS) is 12.4. The number of carbonyl (C=O) groups is 1. The van der Waals surface area contributed by atoms with Crippen LogP contribution in [0.2, 0.25) is 0 Å². The second kappa shape index (κ2) is 7.12. The third kappa shape index (κ3) is 4.23. The second-order valence-electron chi connectivity index (χ2n) is 4.15. The minimum atomic E-state index is -0.197. The Bertz CT molecular complexity index is 347. The molecule has 0 aliphatic carbocycles. The molecule has 0 aromatic carbocycles. The minimum Gasteiger partial charge on any atom is -0.466 e. The van der Waals surface area contributed by atoms with E-state index in [0.717, 1.165) is 24.4 Å². The van der Waals surface area contributed by atoms with Gasteiger partial charge in [-0.05, 0) is 18.6 Å². The van der Waals surface area contributed by atoms with Crippen LogP contribution in [-0.4, -0.2) is 19.0 Å². The summed E-state index contributed by atoms with van der Waals surface area (Å²) in [6.45, 7) is 5.11. The molecule has 96 valence electrons. The Morgan fingerprint density at radius 3 is 2.65 bits per heavy atom. The van der Waals surface area contributed by atoms with Crippen LogP contribution in [0, 0.1) is 5.92 Å². The zero-order valence-electron chi connectivity index (χ0n) is 10.7. The molecule has 0 spiro atoms. The molecule has 1 atom stereocenters. The standard InChI is InChI=1S/C13H22N2O2/c1-3-7-15-13(16)10(9-14)8-12-6-5-11(4-2)17-12/h5-6,10H,3-4,7-9,14H2,1-2H3,(H,15,16). The number of furan rings is 1. The number of carbonyl (C=O) groups excluding carboxylic acids is 1. The first kappa shape index (κ1) is 13.8. The van der Waals surface area contributed by atoms with Crippen LogP contribution in [0.5, 0.6) is 0 Å². The van der Waals surface area contributed by atoms with Gasteiger partial charge < -0.3 is 15.5 Å². The average Bonchev–Trinajstić information content (AvgIpc) is 2.80. The highest BCUT2D eigenvalue weighted by Gasteiger charge is 2.18. The van der Waals surface area contributed by atoms with Crippen LogP contribution in [0.25, 0.3) is 0 Å². The van der Waals surface area contributed by atoms with Crippen molar-refractivity contribution in [3.05, 3.63) is 23.7 Å². The molecule has 1 amide bonds. The molecule has 0 bridgehead atoms. The van der Waals surface area contributed by atoms with Crippen molar-refractivity contribution in [2.24, 2.45) is 11.7 Å². The zero-order valence-corrected chi connectivity index (χ0v) is 10.7. The van der Waals surface area contributed by atoms with E-state index in [1.165, 1.54) is 0 Å². The first-order valence-electron chi connectivity index (χ1n) is 6.26. The summed E-state index contributed by atoms with van der Waals surface area (Å²) >= 11 is 0. The largest absolute Gasteiger partial charge is 0.466 e. The summed E-state index contributed by atoms with van der Waals surface area (Å²) in [7, 11) is 0. The molecule has 1 aromatic heterocycles. The van der Waals surface area contributed by atoms with Gasteiger partial charge in [-0.1, -0.05) is 13.8 Å². The van der Waals surface area contributed by atoms with Crippen molar-refractivity contribution in [2.75, 3.05) is 13.1 Å². The van der Waals surface area contributed by atoms with E-state index in [-0.39, 0.29) is 11.8 Å². The molecule has 1 unspecified atom stereocenters. The maximum Gasteiger partial charge on any atom is 0.224 e. The van der Waals surface area contributed by atoms with Gasteiger partial charge in [0.25, 0.3) is 0 Å². The van der Waals surface area contributed by atoms with Crippen LogP contribution < -0.4 is 11.1 Å². The molecule has 3 N–H and O–H groups in total. The van der Waals surface area contributed by atoms with Crippen molar-refractivity contribution in [1.29, 1.82) is 0 Å². The topological polar surface area (TPSA) is 68.3 Å². The van der Waals surface area contributed by atoms with E-state index in [9.17, 15) is 4.79 Å². The van der Waals surface area contributed by atoms with Crippen molar-refractivity contribution in [1.82, 2.24) is 5.32 Å². The van der Waals surface area contributed by atoms with Crippen LogP contribution in [0.4, 0.5) is 0 Å². The molecule has 4 heteroatoms. The number of aryl methyl sites for hydroxylation is 1. The van der Waals surface area contributed by atoms with Crippen molar-refractivity contribution in [3.63, 3.8) is 0 Å². The van der Waals surface area contributed by atoms with Crippen LogP contribution in [0.3, 0.4) is 0 Å². The molecule has 0 saturated carbocycles. The van der Waals surface area contributed by atoms with E-state index in [2.05, 4.69) is 5.32 Å². The lowest BCUT2D eigenvalue weighted by Crippen LogP contribution is -2.36. The number of hydrogen-bond donors (Lipinski definition) is 2. The van der Waals surface area contributed by atoms with Crippen LogP contribution in [0.15, 0.2) is 16.5 Å². The molecular weight excluding hydrogens is 216 g/mol. The highest BCUT2D eigenvalue weighted by molar-refractivity contribution is 5.79. The Hall–Kier alpha value is -1.29. The molecule has 4 nitrogen and oxygen atoms in total. The number of nitrogens with one attached hydrogen (secondary N) is 1. The van der Waals surface area contributed by atoms with Gasteiger partial charge in [-0.3, -0.25) is 4.79 Å². The Balaban J connectivity index is 2.53. The summed E-state index contributed by atoms with van der Waals surface area (Å²) < 4.78 is 5.58. The van der Waals surface area contributed by atoms with Crippen molar-refractivity contribution in [3.8, 4) is 0 Å². The van der Waals surface area contributed by atoms with Gasteiger partial charge >= 0.3 is 0 Å². The predicted octanol–water partition coefficient (Wildman–Crippen LogP) is 1.49. The lowest BCUT2D eigenvalue weighted by Gasteiger charge is -2.13. The Labute approximate surface area is 103 Å². The van der Waals surface area contributed by atoms with Crippen LogP contribution in [-0.2, 0) is 17.6 Å². The second-order valence-corrected chi connectivity index (χ2v) is 4.15. The molecule has 1 aromatic rings. The third-order valence-electron chi connectivity index (χ3n) is 2.72. The SMILES string of the molecule is CCCNC(=O)C(CN)Cc1ccc(CC)o1. The molecule has 1 rings (SSSR count). The molecule has 0 aliphatic rings. The summed E-state index contributed by atoms with van der Waals surface area (Å²) in [4.78, 5) is 11.8. The molecule has 17 heavy (non-hydrogen) atoms. The first-order chi connectivity index (χ1) is 8.21. The summed E-state index contributed by atoms with van der Waals surface area (Å²) in [5.74, 6) is 1.61. The van der Waals surface area contributed by atoms with Gasteiger partial charge in [0.05, 0.1) is 5.92 Å². The van der Waals surface area contributed by atoms with E-state index >= 15 is 0 Å². The Kier molecular flexibility index (Phi) is 5.77. The molecule has 0 fully saturated rings. The van der Waals surface area contributed by atoms with Gasteiger partial charge in [-0.2, -0.15) is 0 Å². The summed E-state index contributed by atoms with van der Waals surface area (Å²) in [5, 5.41) is 2.86. The average molecular weight is 238 g/mol. The maximum absolute atomic E-state index is 11.8. The zero-order chi connectivity index (χ0) is 12.7. The van der Waals surface area contributed by atoms with Crippen molar-refractivity contribution >= 4 is 5.91 Å². The highest BCUT2D eigenvalue weighted by atomic mass is 16.3. The molecule has 0 aliphatic heterocycles. The molecule has 1 heterocycles. The smallest absolute Gasteiger partial charge is 0.224 e. The van der Waals surface area contributed by atoms with E-state index in [4.69, 9.17) is 10.2 Å². The molecular formula is C13H22N2O2. The fourth-order valence-corrected chi connectivity index (χ4v) is 1.64. The predicted molar refractivity (Wildman–Crippen MR) is 67.6 cm³/mol. The maximum atomic E-state index is 11.8. The van der Waals surface area contributed by atoms with Gasteiger partial charge in [-0.15, -0.1) is 0 Å². The van der Waals surface area contributed by atoms with Crippen LogP contribution in [0.1, 0.15) is 31.8 Å². The van der Waals surface area contributed by atoms with E-state index < -0.39 is 0 Å². The lowest BCUT2D eigenvalue weighted by molar-refractivity contribution is -0.124. The number of nitrogens with two attached hydrogens (primary N) is 1. The van der Waals surface area contributed by atoms with Crippen molar-refractivity contribution in [2.45, 2.75) is 33.1 Å². The summed E-state index contributed by atoms with van der Waals surface area (Å²) in [6.07, 6.45) is 2.38. The fraction of sp³-hybridized carbons (Fsp3) is 0.615. The van der Waals surface area contributed by atoms with E-state index in [1.54, 1.807) is 0 Å². The van der Waals surface area contributed by atoms with Crippen molar-refractivity contribution < 1.29 is 9.21 Å². The number of hydrogen-bond acceptors (Lipinski definition) is 3. The van der Waals surface area contributed by atoms with E-state index in [1.807, 2.05) is 26.0 Å². The Morgan fingerprint density at radius 2 is 2.12 bits per heavy atom. The van der Waals surface area contributed by atoms with E-state index in [0.29, 0.717) is 19.5 Å². The van der Waals surface area contributed by atoms with Gasteiger partial charge in [0.15, 0.2) is 0 Å². The van der Waals surface area contributed by atoms with Crippen LogP contribution >= 0.6 is 0 Å². The third-order valence-corrected chi connectivity index (χ3v) is 2.72. The number of amides is 1. The monoisotopic (exact) mass is 238 g/mol. The van der Waals surface area contributed by atoms with Gasteiger partial charge in [0.2, 0.25) is 5.91 Å². The quantitative estimate of drug-likeness (QED) is 0.756. The Morgan fingerprint density at radius 1 is 1.41 bits per heavy atom. The molecule has 0 radical (unpaired) electrons. The van der Waals surface area contributed by atoms with Gasteiger partial charge in [0.1, 0.15) is 11.5 Å². The first-order valence-corrected chi connectivity index (χ1v) is 6.26. The number of rotatable bonds is 7. The summed E-state index contributed by atoms with van der Waals surface area (Å²) in [6, 6.07) is 3.88. The summed E-state index contributed by atoms with van der Waals surface area (Å²) in [5.41, 5.74) is 5.63. The highest BCUT2D eigenvalue weighted by Crippen LogP contribution is 2.13. The minimum absolute atomic E-state index is 0.0174. The van der Waals surface area contributed by atoms with Gasteiger partial charge in [-0.25, -0.2) is 0 Å².